The Morgan fingerprint density at radius 1 is 1.56 bits per heavy atom. The maximum absolute atomic E-state index is 11.4. The topological polar surface area (TPSA) is 54.9 Å². The maximum atomic E-state index is 11.4. The van der Waals surface area contributed by atoms with Gasteiger partial charge in [-0.1, -0.05) is 26.8 Å². The number of allylic oxidation sites excluding steroid dienone is 1. The molecular weight excluding hydrogens is 222 g/mol. The normalized spacial score (nSPS) is 11.2. The van der Waals surface area contributed by atoms with Crippen molar-refractivity contribution in [1.82, 2.24) is 9.36 Å². The monoisotopic (exact) mass is 239 g/mol. The first-order valence-electron chi connectivity index (χ1n) is 5.18. The number of aromatic nitrogens is 2. The summed E-state index contributed by atoms with van der Waals surface area (Å²) >= 11 is 1.22. The van der Waals surface area contributed by atoms with Gasteiger partial charge in [-0.15, -0.1) is 6.58 Å². The zero-order valence-electron chi connectivity index (χ0n) is 9.91. The highest BCUT2D eigenvalue weighted by Gasteiger charge is 2.19. The molecule has 0 radical (unpaired) electrons. The van der Waals surface area contributed by atoms with Gasteiger partial charge in [0.15, 0.2) is 0 Å². The number of hydrogen-bond donors (Lipinski definition) is 1. The summed E-state index contributed by atoms with van der Waals surface area (Å²) in [7, 11) is 0. The van der Waals surface area contributed by atoms with E-state index < -0.39 is 0 Å². The summed E-state index contributed by atoms with van der Waals surface area (Å²) in [5, 5.41) is 3.30. The van der Waals surface area contributed by atoms with Gasteiger partial charge in [0.1, 0.15) is 5.82 Å². The number of hydrogen-bond acceptors (Lipinski definition) is 4. The van der Waals surface area contributed by atoms with Crippen LogP contribution in [0.4, 0.5) is 5.13 Å². The molecule has 0 saturated heterocycles. The Kier molecular flexibility index (Phi) is 4.18. The molecule has 0 unspecified atom stereocenters. The molecule has 0 spiro atoms. The molecule has 0 fully saturated rings. The lowest BCUT2D eigenvalue weighted by molar-refractivity contribution is -0.116. The third kappa shape index (κ3) is 3.73. The molecule has 88 valence electrons. The van der Waals surface area contributed by atoms with E-state index in [-0.39, 0.29) is 11.3 Å². The number of rotatable bonds is 4. The lowest BCUT2D eigenvalue weighted by Crippen LogP contribution is -2.14. The van der Waals surface area contributed by atoms with Crippen molar-refractivity contribution in [2.45, 2.75) is 39.0 Å². The fourth-order valence-electron chi connectivity index (χ4n) is 0.994. The van der Waals surface area contributed by atoms with Gasteiger partial charge in [-0.25, -0.2) is 4.98 Å². The molecule has 4 nitrogen and oxygen atoms in total. The van der Waals surface area contributed by atoms with Crippen LogP contribution in [0.25, 0.3) is 0 Å². The van der Waals surface area contributed by atoms with Crippen LogP contribution in [0.3, 0.4) is 0 Å². The zero-order chi connectivity index (χ0) is 12.2. The molecular formula is C11H17N3OS. The molecule has 0 bridgehead atoms. The Labute approximate surface area is 100.0 Å². The average Bonchev–Trinajstić information content (AvgIpc) is 2.62. The van der Waals surface area contributed by atoms with Crippen molar-refractivity contribution in [3.63, 3.8) is 0 Å². The Bertz CT molecular complexity index is 379. The van der Waals surface area contributed by atoms with Gasteiger partial charge in [0.05, 0.1) is 0 Å². The highest BCUT2D eigenvalue weighted by atomic mass is 32.1. The van der Waals surface area contributed by atoms with Crippen LogP contribution in [0.1, 0.15) is 39.4 Å². The van der Waals surface area contributed by atoms with Gasteiger partial charge in [-0.2, -0.15) is 4.37 Å². The highest BCUT2D eigenvalue weighted by Crippen LogP contribution is 2.22. The predicted octanol–water partition coefficient (Wildman–Crippen LogP) is 2.74. The average molecular weight is 239 g/mol. The molecule has 0 aliphatic carbocycles. The van der Waals surface area contributed by atoms with Crippen LogP contribution < -0.4 is 5.32 Å². The Morgan fingerprint density at radius 3 is 2.75 bits per heavy atom. The molecule has 1 aromatic heterocycles. The van der Waals surface area contributed by atoms with Crippen molar-refractivity contribution in [3.8, 4) is 0 Å². The molecule has 5 heteroatoms. The van der Waals surface area contributed by atoms with Crippen molar-refractivity contribution < 1.29 is 4.79 Å². The van der Waals surface area contributed by atoms with Gasteiger partial charge in [-0.3, -0.25) is 4.79 Å². The van der Waals surface area contributed by atoms with Gasteiger partial charge >= 0.3 is 0 Å². The van der Waals surface area contributed by atoms with Crippen LogP contribution in [-0.2, 0) is 10.2 Å². The number of carbonyl (C=O) groups is 1. The number of nitrogens with zero attached hydrogens (tertiary/aromatic N) is 2. The van der Waals surface area contributed by atoms with Crippen molar-refractivity contribution in [2.75, 3.05) is 5.32 Å². The number of anilines is 1. The highest BCUT2D eigenvalue weighted by molar-refractivity contribution is 7.09. The number of carbonyl (C=O) groups excluding carboxylic acids is 1. The molecule has 16 heavy (non-hydrogen) atoms. The molecule has 0 atom stereocenters. The van der Waals surface area contributed by atoms with E-state index in [0.29, 0.717) is 18.0 Å². The van der Waals surface area contributed by atoms with Crippen molar-refractivity contribution in [1.29, 1.82) is 0 Å². The first kappa shape index (κ1) is 12.8. The summed E-state index contributed by atoms with van der Waals surface area (Å²) in [5.74, 6) is 0.716. The zero-order valence-corrected chi connectivity index (χ0v) is 10.7. The predicted molar refractivity (Wildman–Crippen MR) is 66.7 cm³/mol. The molecule has 0 aliphatic rings. The molecule has 0 aromatic carbocycles. The molecule has 0 aliphatic heterocycles. The van der Waals surface area contributed by atoms with Crippen LogP contribution in [0.2, 0.25) is 0 Å². The van der Waals surface area contributed by atoms with E-state index in [9.17, 15) is 4.79 Å². The summed E-state index contributed by atoms with van der Waals surface area (Å²) in [6.07, 6.45) is 2.84. The lowest BCUT2D eigenvalue weighted by atomic mass is 9.96. The van der Waals surface area contributed by atoms with Gasteiger partial charge < -0.3 is 5.32 Å². The first-order chi connectivity index (χ1) is 7.43. The van der Waals surface area contributed by atoms with Gasteiger partial charge in [0.2, 0.25) is 11.0 Å². The van der Waals surface area contributed by atoms with Gasteiger partial charge in [-0.05, 0) is 6.42 Å². The van der Waals surface area contributed by atoms with Gasteiger partial charge in [0.25, 0.3) is 0 Å². The van der Waals surface area contributed by atoms with Crippen LogP contribution in [0.5, 0.6) is 0 Å². The van der Waals surface area contributed by atoms with Crippen molar-refractivity contribution in [2.24, 2.45) is 0 Å². The van der Waals surface area contributed by atoms with Crippen LogP contribution in [0.15, 0.2) is 12.7 Å². The summed E-state index contributed by atoms with van der Waals surface area (Å²) in [4.78, 5) is 15.7. The minimum absolute atomic E-state index is 0.0449. The van der Waals surface area contributed by atoms with Crippen LogP contribution in [0, 0.1) is 0 Å². The Hall–Kier alpha value is -1.23. The molecule has 1 amide bonds. The summed E-state index contributed by atoms with van der Waals surface area (Å²) in [6, 6.07) is 0. The van der Waals surface area contributed by atoms with E-state index in [1.54, 1.807) is 6.08 Å². The third-order valence-electron chi connectivity index (χ3n) is 1.92. The standard InChI is InChI=1S/C11H17N3OS/c1-5-6-7-8(15)12-10-13-9(14-16-10)11(2,3)4/h5H,1,6-7H2,2-4H3,(H,12,13,14,15). The third-order valence-corrected chi connectivity index (χ3v) is 2.55. The SMILES string of the molecule is C=CCCC(=O)Nc1nc(C(C)(C)C)ns1. The second-order valence-electron chi connectivity index (χ2n) is 4.55. The Balaban J connectivity index is 2.59. The van der Waals surface area contributed by atoms with Crippen LogP contribution >= 0.6 is 11.5 Å². The molecule has 1 heterocycles. The van der Waals surface area contributed by atoms with E-state index in [4.69, 9.17) is 0 Å². The molecule has 1 rings (SSSR count). The summed E-state index contributed by atoms with van der Waals surface area (Å²) < 4.78 is 4.22. The molecule has 0 saturated carbocycles. The Morgan fingerprint density at radius 2 is 2.25 bits per heavy atom. The van der Waals surface area contributed by atoms with E-state index in [0.717, 1.165) is 5.82 Å². The fraction of sp³-hybridized carbons (Fsp3) is 0.545. The molecule has 1 aromatic rings. The van der Waals surface area contributed by atoms with E-state index in [2.05, 4.69) is 21.3 Å². The molecule has 1 N–H and O–H groups in total. The van der Waals surface area contributed by atoms with Crippen molar-refractivity contribution >= 4 is 22.6 Å². The second-order valence-corrected chi connectivity index (χ2v) is 5.30. The van der Waals surface area contributed by atoms with E-state index in [1.807, 2.05) is 20.8 Å². The number of nitrogens with one attached hydrogen (secondary N) is 1. The largest absolute Gasteiger partial charge is 0.301 e. The number of amides is 1. The van der Waals surface area contributed by atoms with Crippen molar-refractivity contribution in [3.05, 3.63) is 18.5 Å². The minimum Gasteiger partial charge on any atom is -0.301 e. The maximum Gasteiger partial charge on any atom is 0.226 e. The van der Waals surface area contributed by atoms with E-state index >= 15 is 0 Å². The smallest absolute Gasteiger partial charge is 0.226 e. The lowest BCUT2D eigenvalue weighted by Gasteiger charge is -2.12. The van der Waals surface area contributed by atoms with Crippen LogP contribution in [-0.4, -0.2) is 15.3 Å². The second kappa shape index (κ2) is 5.21. The fourth-order valence-corrected chi connectivity index (χ4v) is 1.77. The summed E-state index contributed by atoms with van der Waals surface area (Å²) in [6.45, 7) is 9.69. The summed E-state index contributed by atoms with van der Waals surface area (Å²) in [5.41, 5.74) is -0.0827. The first-order valence-corrected chi connectivity index (χ1v) is 5.96. The minimum atomic E-state index is -0.0827. The van der Waals surface area contributed by atoms with Gasteiger partial charge in [0, 0.05) is 23.4 Å². The quantitative estimate of drug-likeness (QED) is 0.822. The van der Waals surface area contributed by atoms with E-state index in [1.165, 1.54) is 11.5 Å².